The van der Waals surface area contributed by atoms with Gasteiger partial charge in [0.25, 0.3) is 5.91 Å². The van der Waals surface area contributed by atoms with Gasteiger partial charge in [0.1, 0.15) is 6.04 Å². The molecule has 0 unspecified atom stereocenters. The summed E-state index contributed by atoms with van der Waals surface area (Å²) < 4.78 is 32.0. The van der Waals surface area contributed by atoms with Gasteiger partial charge < -0.3 is 4.74 Å². The highest BCUT2D eigenvalue weighted by atomic mass is 32.2. The standard InChI is InChI=1S/C23H25N3O6S/c1-16-3-7-19(8-4-16)26-17(2)22(28)25(23(26)29)15-21(27)18-5-9-20(10-6-18)33(30,31)24-11-13-32-14-12-24/h3-10,17H,11-15H2,1-2H3/t17-/m0/s1. The number of ketones is 1. The van der Waals surface area contributed by atoms with Crippen molar-refractivity contribution in [1.82, 2.24) is 9.21 Å². The van der Waals surface area contributed by atoms with Gasteiger partial charge in [-0.3, -0.25) is 19.4 Å². The fourth-order valence-corrected chi connectivity index (χ4v) is 5.30. The van der Waals surface area contributed by atoms with Gasteiger partial charge in [-0.25, -0.2) is 13.2 Å². The molecule has 0 radical (unpaired) electrons. The summed E-state index contributed by atoms with van der Waals surface area (Å²) in [5, 5.41) is 0. The van der Waals surface area contributed by atoms with Crippen LogP contribution in [0, 0.1) is 6.92 Å². The Bertz CT molecular complexity index is 1170. The molecule has 2 aromatic carbocycles. The number of hydrogen-bond acceptors (Lipinski definition) is 6. The minimum Gasteiger partial charge on any atom is -0.379 e. The maximum atomic E-state index is 12.9. The van der Waals surface area contributed by atoms with Crippen LogP contribution >= 0.6 is 0 Å². The quantitative estimate of drug-likeness (QED) is 0.472. The number of carbonyl (C=O) groups excluding carboxylic acids is 3. The number of Topliss-reactive ketones (excluding diaryl/α,β-unsaturated/α-hetero) is 1. The van der Waals surface area contributed by atoms with Crippen LogP contribution in [0.25, 0.3) is 0 Å². The molecule has 10 heteroatoms. The summed E-state index contributed by atoms with van der Waals surface area (Å²) in [6, 6.07) is 11.5. The van der Waals surface area contributed by atoms with E-state index < -0.39 is 40.3 Å². The SMILES string of the molecule is Cc1ccc(N2C(=O)N(CC(=O)c3ccc(S(=O)(=O)N4CCOCC4)cc3)C(=O)[C@@H]2C)cc1. The zero-order chi connectivity index (χ0) is 23.8. The van der Waals surface area contributed by atoms with Crippen molar-refractivity contribution in [2.24, 2.45) is 0 Å². The van der Waals surface area contributed by atoms with E-state index >= 15 is 0 Å². The molecule has 9 nitrogen and oxygen atoms in total. The number of benzene rings is 2. The molecule has 1 atom stereocenters. The van der Waals surface area contributed by atoms with Crippen molar-refractivity contribution in [1.29, 1.82) is 0 Å². The molecule has 2 aliphatic heterocycles. The Morgan fingerprint density at radius 2 is 1.61 bits per heavy atom. The van der Waals surface area contributed by atoms with E-state index in [1.165, 1.54) is 33.5 Å². The number of morpholine rings is 1. The van der Waals surface area contributed by atoms with E-state index in [-0.39, 0.29) is 23.5 Å². The summed E-state index contributed by atoms with van der Waals surface area (Å²) in [6.07, 6.45) is 0. The molecular formula is C23H25N3O6S. The minimum atomic E-state index is -3.68. The van der Waals surface area contributed by atoms with Crippen molar-refractivity contribution >= 4 is 33.4 Å². The fraction of sp³-hybridized carbons (Fsp3) is 0.348. The molecule has 0 aliphatic carbocycles. The van der Waals surface area contributed by atoms with Crippen molar-refractivity contribution in [3.63, 3.8) is 0 Å². The van der Waals surface area contributed by atoms with E-state index in [2.05, 4.69) is 0 Å². The molecule has 4 rings (SSSR count). The summed E-state index contributed by atoms with van der Waals surface area (Å²) >= 11 is 0. The average Bonchev–Trinajstić information content (AvgIpc) is 3.03. The highest BCUT2D eigenvalue weighted by Gasteiger charge is 2.44. The number of rotatable bonds is 6. The maximum Gasteiger partial charge on any atom is 0.332 e. The number of imide groups is 1. The molecule has 0 N–H and O–H groups in total. The summed E-state index contributed by atoms with van der Waals surface area (Å²) in [5.74, 6) is -0.912. The van der Waals surface area contributed by atoms with Crippen molar-refractivity contribution < 1.29 is 27.5 Å². The first kappa shape index (κ1) is 23.1. The van der Waals surface area contributed by atoms with Crippen molar-refractivity contribution in [3.8, 4) is 0 Å². The van der Waals surface area contributed by atoms with Crippen LogP contribution in [-0.4, -0.2) is 74.2 Å². The molecule has 2 saturated heterocycles. The monoisotopic (exact) mass is 471 g/mol. The Hall–Kier alpha value is -3.08. The van der Waals surface area contributed by atoms with Crippen molar-refractivity contribution in [2.45, 2.75) is 24.8 Å². The summed E-state index contributed by atoms with van der Waals surface area (Å²) in [7, 11) is -3.68. The highest BCUT2D eigenvalue weighted by molar-refractivity contribution is 7.89. The molecule has 2 heterocycles. The van der Waals surface area contributed by atoms with E-state index in [1.54, 1.807) is 19.1 Å². The fourth-order valence-electron chi connectivity index (χ4n) is 3.89. The summed E-state index contributed by atoms with van der Waals surface area (Å²) in [4.78, 5) is 40.8. The number of sulfonamides is 1. The second-order valence-electron chi connectivity index (χ2n) is 8.05. The van der Waals surface area contributed by atoms with Crippen LogP contribution in [0.5, 0.6) is 0 Å². The van der Waals surface area contributed by atoms with E-state index in [0.29, 0.717) is 18.9 Å². The minimum absolute atomic E-state index is 0.0773. The third-order valence-corrected chi connectivity index (χ3v) is 7.76. The van der Waals surface area contributed by atoms with E-state index in [9.17, 15) is 22.8 Å². The van der Waals surface area contributed by atoms with Gasteiger partial charge in [0.15, 0.2) is 5.78 Å². The topological polar surface area (TPSA) is 104 Å². The number of aryl methyl sites for hydroxylation is 1. The Morgan fingerprint density at radius 1 is 1.00 bits per heavy atom. The second-order valence-corrected chi connectivity index (χ2v) is 9.99. The van der Waals surface area contributed by atoms with Crippen LogP contribution < -0.4 is 4.90 Å². The number of hydrogen-bond donors (Lipinski definition) is 0. The number of ether oxygens (including phenoxy) is 1. The van der Waals surface area contributed by atoms with Crippen LogP contribution in [0.2, 0.25) is 0 Å². The zero-order valence-electron chi connectivity index (χ0n) is 18.4. The maximum absolute atomic E-state index is 12.9. The molecule has 3 amide bonds. The first-order valence-corrected chi connectivity index (χ1v) is 12.1. The van der Waals surface area contributed by atoms with Gasteiger partial charge in [-0.05, 0) is 50.2 Å². The average molecular weight is 472 g/mol. The Balaban J connectivity index is 1.48. The van der Waals surface area contributed by atoms with Crippen LogP contribution in [0.4, 0.5) is 10.5 Å². The van der Waals surface area contributed by atoms with Gasteiger partial charge >= 0.3 is 6.03 Å². The summed E-state index contributed by atoms with van der Waals surface area (Å²) in [5.41, 5.74) is 1.83. The predicted molar refractivity (Wildman–Crippen MR) is 121 cm³/mol. The van der Waals surface area contributed by atoms with E-state index in [0.717, 1.165) is 10.5 Å². The Kier molecular flexibility index (Phi) is 6.33. The largest absolute Gasteiger partial charge is 0.379 e. The molecular weight excluding hydrogens is 446 g/mol. The van der Waals surface area contributed by atoms with Crippen molar-refractivity contribution in [3.05, 3.63) is 59.7 Å². The van der Waals surface area contributed by atoms with Gasteiger partial charge in [-0.1, -0.05) is 17.7 Å². The first-order valence-electron chi connectivity index (χ1n) is 10.6. The third kappa shape index (κ3) is 4.41. The number of anilines is 1. The van der Waals surface area contributed by atoms with Crippen molar-refractivity contribution in [2.75, 3.05) is 37.7 Å². The normalized spacial score (nSPS) is 19.9. The van der Waals surface area contributed by atoms with Crippen LogP contribution in [-0.2, 0) is 19.6 Å². The van der Waals surface area contributed by atoms with Crippen LogP contribution in [0.3, 0.4) is 0 Å². The number of carbonyl (C=O) groups is 3. The molecule has 0 spiro atoms. The number of urea groups is 1. The smallest absolute Gasteiger partial charge is 0.332 e. The molecule has 2 aliphatic rings. The van der Waals surface area contributed by atoms with Crippen LogP contribution in [0.15, 0.2) is 53.4 Å². The third-order valence-electron chi connectivity index (χ3n) is 5.85. The lowest BCUT2D eigenvalue weighted by Gasteiger charge is -2.26. The molecule has 0 bridgehead atoms. The molecule has 174 valence electrons. The first-order chi connectivity index (χ1) is 15.7. The second kappa shape index (κ2) is 9.05. The lowest BCUT2D eigenvalue weighted by atomic mass is 10.1. The molecule has 0 aromatic heterocycles. The lowest BCUT2D eigenvalue weighted by Crippen LogP contribution is -2.40. The Morgan fingerprint density at radius 3 is 2.21 bits per heavy atom. The lowest BCUT2D eigenvalue weighted by molar-refractivity contribution is -0.126. The van der Waals surface area contributed by atoms with E-state index in [1.807, 2.05) is 19.1 Å². The predicted octanol–water partition coefficient (Wildman–Crippen LogP) is 2.06. The highest BCUT2D eigenvalue weighted by Crippen LogP contribution is 2.26. The molecule has 2 fully saturated rings. The Labute approximate surface area is 192 Å². The van der Waals surface area contributed by atoms with Gasteiger partial charge in [0.2, 0.25) is 10.0 Å². The van der Waals surface area contributed by atoms with Gasteiger partial charge in [-0.2, -0.15) is 4.31 Å². The van der Waals surface area contributed by atoms with Crippen LogP contribution in [0.1, 0.15) is 22.8 Å². The van der Waals surface area contributed by atoms with Gasteiger partial charge in [-0.15, -0.1) is 0 Å². The number of nitrogens with zero attached hydrogens (tertiary/aromatic N) is 3. The van der Waals surface area contributed by atoms with Gasteiger partial charge in [0, 0.05) is 24.3 Å². The zero-order valence-corrected chi connectivity index (χ0v) is 19.2. The molecule has 33 heavy (non-hydrogen) atoms. The number of amides is 3. The molecule has 0 saturated carbocycles. The van der Waals surface area contributed by atoms with Gasteiger partial charge in [0.05, 0.1) is 24.7 Å². The summed E-state index contributed by atoms with van der Waals surface area (Å²) in [6.45, 7) is 4.36. The van der Waals surface area contributed by atoms with E-state index in [4.69, 9.17) is 4.74 Å². The molecule has 2 aromatic rings.